The molecule has 0 atom stereocenters. The van der Waals surface area contributed by atoms with E-state index in [1.54, 1.807) is 15.9 Å². The average Bonchev–Trinajstić information content (AvgIpc) is 1.75. The molecule has 0 saturated carbocycles. The molecule has 0 heterocycles. The molecule has 0 bridgehead atoms. The minimum atomic E-state index is 1.33. The normalized spacial score (nSPS) is 2.25. The van der Waals surface area contributed by atoms with Gasteiger partial charge < -0.3 is 25.3 Å². The van der Waals surface area contributed by atoms with E-state index in [0.29, 0.717) is 0 Å². The predicted octanol–water partition coefficient (Wildman–Crippen LogP) is -0.0925. The third kappa shape index (κ3) is 1900. The van der Waals surface area contributed by atoms with Gasteiger partial charge in [-0.15, -0.1) is 0 Å². The van der Waals surface area contributed by atoms with E-state index in [1.165, 1.54) is 10.8 Å². The van der Waals surface area contributed by atoms with Crippen LogP contribution in [0.4, 0.5) is 0 Å². The maximum absolute atomic E-state index is 8.06. The molecular weight excluding hydrogens is 187 g/mol. The first-order chi connectivity index (χ1) is 3.83. The van der Waals surface area contributed by atoms with E-state index < -0.39 is 0 Å². The number of thiocyanates is 2. The Kier molecular flexibility index (Phi) is 144. The van der Waals surface area contributed by atoms with Gasteiger partial charge in [0.2, 0.25) is 0 Å². The molecule has 8 heavy (non-hydrogen) atoms. The van der Waals surface area contributed by atoms with Crippen LogP contribution in [0.3, 0.4) is 0 Å². The number of rotatable bonds is 0. The summed E-state index contributed by atoms with van der Waals surface area (Å²) in [5.74, 6) is 0. The molecular formula is C2MnN2OS2-2. The summed E-state index contributed by atoms with van der Waals surface area (Å²) in [4.78, 5) is 0. The third-order valence-corrected chi connectivity index (χ3v) is 0. The van der Waals surface area contributed by atoms with Gasteiger partial charge in [0.1, 0.15) is 0 Å². The maximum atomic E-state index is 8.06. The summed E-state index contributed by atoms with van der Waals surface area (Å²) in [5, 5.41) is 16.9. The first-order valence-electron chi connectivity index (χ1n) is 1.01. The van der Waals surface area contributed by atoms with Crippen LogP contribution in [0.1, 0.15) is 0 Å². The van der Waals surface area contributed by atoms with Gasteiger partial charge in [-0.25, -0.2) is 10.5 Å². The van der Waals surface area contributed by atoms with Crippen LogP contribution < -0.4 is 0 Å². The number of hydrogen-bond donors (Lipinski definition) is 0. The Morgan fingerprint density at radius 1 is 1.12 bits per heavy atom. The van der Waals surface area contributed by atoms with Gasteiger partial charge in [-0.05, 0) is 0 Å². The second kappa shape index (κ2) is 73.4. The van der Waals surface area contributed by atoms with Gasteiger partial charge in [-0.3, -0.25) is 0 Å². The van der Waals surface area contributed by atoms with Crippen molar-refractivity contribution in [2.24, 2.45) is 0 Å². The number of hydrogen-bond acceptors (Lipinski definition) is 5. The Bertz CT molecular complexity index is 83.2. The van der Waals surface area contributed by atoms with E-state index >= 15 is 0 Å². The molecule has 3 nitrogen and oxygen atoms in total. The topological polar surface area (TPSA) is 64.7 Å². The van der Waals surface area contributed by atoms with Gasteiger partial charge in [-0.1, -0.05) is 10.8 Å². The molecule has 0 rings (SSSR count). The van der Waals surface area contributed by atoms with Gasteiger partial charge in [0.05, 0.1) is 0 Å². The fourth-order valence-electron chi connectivity index (χ4n) is 0. The van der Waals surface area contributed by atoms with Crippen molar-refractivity contribution < 1.29 is 19.8 Å². The molecule has 6 heteroatoms. The Morgan fingerprint density at radius 3 is 1.12 bits per heavy atom. The first kappa shape index (κ1) is 15.6. The Balaban J connectivity index is -0.0000000483. The zero-order chi connectivity index (χ0) is 7.41. The molecule has 0 unspecified atom stereocenters. The SMILES string of the molecule is N#C[S-].N#C[S-].[O]=[Mn]. The van der Waals surface area contributed by atoms with E-state index in [2.05, 4.69) is 25.3 Å². The van der Waals surface area contributed by atoms with Crippen LogP contribution in [-0.2, 0) is 45.0 Å². The third-order valence-electron chi connectivity index (χ3n) is 0. The van der Waals surface area contributed by atoms with Gasteiger partial charge in [0.15, 0.2) is 0 Å². The summed E-state index contributed by atoms with van der Waals surface area (Å²) >= 11 is 9.09. The summed E-state index contributed by atoms with van der Waals surface area (Å²) in [6.07, 6.45) is 0. The zero-order valence-electron chi connectivity index (χ0n) is 3.50. The van der Waals surface area contributed by atoms with Crippen molar-refractivity contribution in [1.82, 2.24) is 0 Å². The van der Waals surface area contributed by atoms with Crippen LogP contribution in [0, 0.1) is 21.3 Å². The van der Waals surface area contributed by atoms with Crippen LogP contribution in [0.15, 0.2) is 0 Å². The van der Waals surface area contributed by atoms with Crippen molar-refractivity contribution in [2.45, 2.75) is 0 Å². The molecule has 0 amide bonds. The van der Waals surface area contributed by atoms with Crippen LogP contribution >= 0.6 is 0 Å². The summed E-state index contributed by atoms with van der Waals surface area (Å²) in [6, 6.07) is 0. The van der Waals surface area contributed by atoms with Crippen LogP contribution in [0.2, 0.25) is 0 Å². The molecule has 0 spiro atoms. The van der Waals surface area contributed by atoms with Gasteiger partial charge >= 0.3 is 19.8 Å². The standard InChI is InChI=1S/2CHNS.Mn.O/c2*2-1-3;;/h2*3H;;/p-2. The first-order valence-corrected chi connectivity index (χ1v) is 2.31. The molecule has 0 aliphatic heterocycles. The molecule has 0 radical (unpaired) electrons. The zero-order valence-corrected chi connectivity index (χ0v) is 6.31. The Hall–Kier alpha value is -0.261. The molecule has 0 saturated heterocycles. The molecule has 0 aliphatic rings. The predicted molar refractivity (Wildman–Crippen MR) is 26.6 cm³/mol. The molecule has 0 fully saturated rings. The van der Waals surface area contributed by atoms with Gasteiger partial charge in [0, 0.05) is 0 Å². The summed E-state index contributed by atoms with van der Waals surface area (Å²) < 4.78 is 8.06. The second-order valence-corrected chi connectivity index (χ2v) is 0.548. The summed E-state index contributed by atoms with van der Waals surface area (Å²) in [6.45, 7) is 0. The van der Waals surface area contributed by atoms with Crippen LogP contribution in [-0.4, -0.2) is 0 Å². The number of nitrogens with zero attached hydrogens (tertiary/aromatic N) is 2. The van der Waals surface area contributed by atoms with E-state index in [9.17, 15) is 0 Å². The van der Waals surface area contributed by atoms with E-state index in [-0.39, 0.29) is 0 Å². The quantitative estimate of drug-likeness (QED) is 0.301. The average molecular weight is 187 g/mol. The van der Waals surface area contributed by atoms with E-state index in [0.717, 1.165) is 0 Å². The Morgan fingerprint density at radius 2 is 1.12 bits per heavy atom. The summed E-state index contributed by atoms with van der Waals surface area (Å²) in [5.41, 5.74) is 0. The fraction of sp³-hybridized carbons (Fsp3) is 0. The minimum absolute atomic E-state index is 1.33. The molecule has 0 aromatic heterocycles. The van der Waals surface area contributed by atoms with Gasteiger partial charge in [0.25, 0.3) is 0 Å². The van der Waals surface area contributed by atoms with Crippen molar-refractivity contribution in [3.8, 4) is 10.8 Å². The van der Waals surface area contributed by atoms with Gasteiger partial charge in [-0.2, -0.15) is 0 Å². The second-order valence-electron chi connectivity index (χ2n) is 0.183. The molecule has 0 aromatic carbocycles. The van der Waals surface area contributed by atoms with Crippen molar-refractivity contribution in [2.75, 3.05) is 0 Å². The van der Waals surface area contributed by atoms with Crippen molar-refractivity contribution in [3.05, 3.63) is 0 Å². The molecule has 0 aromatic rings. The van der Waals surface area contributed by atoms with E-state index in [1.807, 2.05) is 0 Å². The fourth-order valence-corrected chi connectivity index (χ4v) is 0. The van der Waals surface area contributed by atoms with Crippen molar-refractivity contribution >= 4 is 25.3 Å². The van der Waals surface area contributed by atoms with Crippen molar-refractivity contribution in [3.63, 3.8) is 0 Å². The summed E-state index contributed by atoms with van der Waals surface area (Å²) in [7, 11) is 0. The van der Waals surface area contributed by atoms with Crippen LogP contribution in [0.5, 0.6) is 0 Å². The molecule has 0 aliphatic carbocycles. The number of nitriles is 2. The molecule has 0 N–H and O–H groups in total. The van der Waals surface area contributed by atoms with Crippen molar-refractivity contribution in [1.29, 1.82) is 10.5 Å². The van der Waals surface area contributed by atoms with Crippen LogP contribution in [0.25, 0.3) is 0 Å². The van der Waals surface area contributed by atoms with E-state index in [4.69, 9.17) is 14.4 Å². The monoisotopic (exact) mass is 187 g/mol. The Labute approximate surface area is 66.5 Å². The molecule has 45 valence electrons.